The minimum atomic E-state index is -2.88. The van der Waals surface area contributed by atoms with Crippen LogP contribution in [0.3, 0.4) is 0 Å². The monoisotopic (exact) mass is 610 g/mol. The van der Waals surface area contributed by atoms with E-state index < -0.39 is 44.8 Å². The van der Waals surface area contributed by atoms with Gasteiger partial charge in [-0.1, -0.05) is 130 Å². The molecule has 7 heteroatoms. The van der Waals surface area contributed by atoms with Crippen LogP contribution in [0.4, 0.5) is 0 Å². The zero-order valence-electron chi connectivity index (χ0n) is 25.8. The first-order chi connectivity index (χ1) is 21.2. The van der Waals surface area contributed by atoms with Gasteiger partial charge in [0.15, 0.2) is 6.10 Å². The standard InChI is InChI=1S/C37H42O6Si/c1-27-34(43-36(39)29-19-11-6-12-20-29)35(40-25-28-17-9-5-10-18-28)33(38)32(42-27)26-41-44(37(2,3)4,30-21-13-7-14-22-30)31-23-15-8-16-24-31/h5-24,27,32-35,38H,25-26H2,1-4H3/t27-,32?,33+,34?,35-/m0/s1. The summed E-state index contributed by atoms with van der Waals surface area (Å²) < 4.78 is 25.8. The normalized spacial score (nSPS) is 22.3. The zero-order valence-corrected chi connectivity index (χ0v) is 26.8. The highest BCUT2D eigenvalue weighted by molar-refractivity contribution is 6.99. The second-order valence-electron chi connectivity index (χ2n) is 12.3. The van der Waals surface area contributed by atoms with Crippen LogP contribution in [-0.4, -0.2) is 56.5 Å². The maximum atomic E-state index is 13.1. The lowest BCUT2D eigenvalue weighted by Crippen LogP contribution is -2.68. The van der Waals surface area contributed by atoms with Gasteiger partial charge in [0.25, 0.3) is 8.32 Å². The van der Waals surface area contributed by atoms with Crippen LogP contribution in [0.25, 0.3) is 0 Å². The third-order valence-electron chi connectivity index (χ3n) is 8.31. The van der Waals surface area contributed by atoms with Gasteiger partial charge in [0, 0.05) is 0 Å². The molecule has 1 N–H and O–H groups in total. The Morgan fingerprint density at radius 1 is 0.773 bits per heavy atom. The topological polar surface area (TPSA) is 74.2 Å². The molecule has 0 spiro atoms. The zero-order chi connectivity index (χ0) is 31.2. The fourth-order valence-electron chi connectivity index (χ4n) is 6.10. The third-order valence-corrected chi connectivity index (χ3v) is 13.3. The molecule has 1 aliphatic rings. The van der Waals surface area contributed by atoms with Gasteiger partial charge in [0.2, 0.25) is 0 Å². The molecule has 1 fully saturated rings. The Hall–Kier alpha value is -3.59. The van der Waals surface area contributed by atoms with Crippen molar-refractivity contribution in [2.75, 3.05) is 6.61 Å². The lowest BCUT2D eigenvalue weighted by Gasteiger charge is -2.46. The van der Waals surface area contributed by atoms with Crippen LogP contribution in [0.1, 0.15) is 43.6 Å². The second kappa shape index (κ2) is 14.0. The molecule has 0 bridgehead atoms. The summed E-state index contributed by atoms with van der Waals surface area (Å²) in [4.78, 5) is 13.1. The van der Waals surface area contributed by atoms with E-state index in [-0.39, 0.29) is 18.3 Å². The highest BCUT2D eigenvalue weighted by Gasteiger charge is 2.52. The molecule has 5 rings (SSSR count). The molecule has 4 aromatic carbocycles. The van der Waals surface area contributed by atoms with Crippen molar-refractivity contribution in [2.24, 2.45) is 0 Å². The Balaban J connectivity index is 1.44. The number of aliphatic hydroxyl groups excluding tert-OH is 1. The van der Waals surface area contributed by atoms with Crippen LogP contribution in [-0.2, 0) is 25.2 Å². The van der Waals surface area contributed by atoms with Gasteiger partial charge in [-0.15, -0.1) is 0 Å². The van der Waals surface area contributed by atoms with E-state index in [9.17, 15) is 9.90 Å². The molecule has 1 aliphatic heterocycles. The van der Waals surface area contributed by atoms with Gasteiger partial charge in [-0.3, -0.25) is 0 Å². The van der Waals surface area contributed by atoms with Crippen LogP contribution < -0.4 is 10.4 Å². The Morgan fingerprint density at radius 3 is 1.80 bits per heavy atom. The number of hydrogen-bond donors (Lipinski definition) is 1. The molecular weight excluding hydrogens is 568 g/mol. The van der Waals surface area contributed by atoms with Crippen LogP contribution in [0.15, 0.2) is 121 Å². The van der Waals surface area contributed by atoms with Crippen molar-refractivity contribution < 1.29 is 28.5 Å². The molecule has 5 atom stereocenters. The van der Waals surface area contributed by atoms with E-state index in [1.54, 1.807) is 24.3 Å². The third kappa shape index (κ3) is 6.88. The predicted octanol–water partition coefficient (Wildman–Crippen LogP) is 5.52. The summed E-state index contributed by atoms with van der Waals surface area (Å²) >= 11 is 0. The molecule has 0 amide bonds. The number of rotatable bonds is 10. The molecule has 2 unspecified atom stereocenters. The Bertz CT molecular complexity index is 1420. The minimum Gasteiger partial charge on any atom is -0.453 e. The van der Waals surface area contributed by atoms with Gasteiger partial charge in [-0.25, -0.2) is 4.79 Å². The van der Waals surface area contributed by atoms with E-state index in [0.29, 0.717) is 5.56 Å². The number of esters is 1. The van der Waals surface area contributed by atoms with Gasteiger partial charge in [0.1, 0.15) is 18.3 Å². The Morgan fingerprint density at radius 2 is 1.27 bits per heavy atom. The fraction of sp³-hybridized carbons (Fsp3) is 0.324. The van der Waals surface area contributed by atoms with Crippen LogP contribution in [0.2, 0.25) is 5.04 Å². The predicted molar refractivity (Wildman–Crippen MR) is 175 cm³/mol. The summed E-state index contributed by atoms with van der Waals surface area (Å²) in [5.74, 6) is -0.492. The number of ether oxygens (including phenoxy) is 3. The maximum Gasteiger partial charge on any atom is 0.338 e. The van der Waals surface area contributed by atoms with Gasteiger partial charge in [-0.05, 0) is 40.0 Å². The SMILES string of the molecule is C[C@@H]1OC(CO[Si](c2ccccc2)(c2ccccc2)C(C)(C)C)[C@@H](O)[C@H](OCc2ccccc2)C1OC(=O)c1ccccc1. The molecule has 0 aliphatic carbocycles. The van der Waals surface area contributed by atoms with Crippen molar-refractivity contribution in [2.45, 2.75) is 69.9 Å². The van der Waals surface area contributed by atoms with Crippen LogP contribution in [0.5, 0.6) is 0 Å². The molecule has 230 valence electrons. The Labute approximate surface area is 261 Å². The highest BCUT2D eigenvalue weighted by Crippen LogP contribution is 2.38. The van der Waals surface area contributed by atoms with Gasteiger partial charge < -0.3 is 23.7 Å². The number of carbonyl (C=O) groups excluding carboxylic acids is 1. The minimum absolute atomic E-state index is 0.142. The number of carbonyl (C=O) groups is 1. The molecule has 6 nitrogen and oxygen atoms in total. The number of hydrogen-bond acceptors (Lipinski definition) is 6. The van der Waals surface area contributed by atoms with Gasteiger partial charge in [-0.2, -0.15) is 0 Å². The fourth-order valence-corrected chi connectivity index (χ4v) is 10.7. The molecule has 4 aromatic rings. The van der Waals surface area contributed by atoms with E-state index in [0.717, 1.165) is 15.9 Å². The summed E-state index contributed by atoms with van der Waals surface area (Å²) in [5.41, 5.74) is 1.38. The van der Waals surface area contributed by atoms with E-state index in [2.05, 4.69) is 45.0 Å². The molecule has 0 aromatic heterocycles. The van der Waals surface area contributed by atoms with E-state index in [1.165, 1.54) is 0 Å². The lowest BCUT2D eigenvalue weighted by atomic mass is 9.95. The quantitative estimate of drug-likeness (QED) is 0.188. The van der Waals surface area contributed by atoms with E-state index in [4.69, 9.17) is 18.6 Å². The van der Waals surface area contributed by atoms with Crippen molar-refractivity contribution in [3.63, 3.8) is 0 Å². The average molecular weight is 611 g/mol. The Kier molecular flexibility index (Phi) is 10.1. The van der Waals surface area contributed by atoms with Crippen LogP contribution in [0, 0.1) is 0 Å². The first-order valence-corrected chi connectivity index (χ1v) is 17.1. The maximum absolute atomic E-state index is 13.1. The molecule has 44 heavy (non-hydrogen) atoms. The van der Waals surface area contributed by atoms with Gasteiger partial charge in [0.05, 0.1) is 24.9 Å². The molecule has 0 saturated carbocycles. The van der Waals surface area contributed by atoms with Gasteiger partial charge >= 0.3 is 5.97 Å². The number of benzene rings is 4. The molecule has 1 saturated heterocycles. The van der Waals surface area contributed by atoms with Crippen molar-refractivity contribution in [3.8, 4) is 0 Å². The summed E-state index contributed by atoms with van der Waals surface area (Å²) in [6.45, 7) is 8.88. The van der Waals surface area contributed by atoms with E-state index >= 15 is 0 Å². The summed E-state index contributed by atoms with van der Waals surface area (Å²) in [7, 11) is -2.88. The van der Waals surface area contributed by atoms with E-state index in [1.807, 2.05) is 79.7 Å². The first-order valence-electron chi connectivity index (χ1n) is 15.2. The van der Waals surface area contributed by atoms with Crippen molar-refractivity contribution in [3.05, 3.63) is 132 Å². The summed E-state index contributed by atoms with van der Waals surface area (Å²) in [5, 5.41) is 13.9. The van der Waals surface area contributed by atoms with Crippen molar-refractivity contribution in [1.29, 1.82) is 0 Å². The summed E-state index contributed by atoms with van der Waals surface area (Å²) in [6, 6.07) is 39.3. The van der Waals surface area contributed by atoms with Crippen LogP contribution >= 0.6 is 0 Å². The smallest absolute Gasteiger partial charge is 0.338 e. The van der Waals surface area contributed by atoms with Crippen molar-refractivity contribution in [1.82, 2.24) is 0 Å². The highest BCUT2D eigenvalue weighted by atomic mass is 28.4. The van der Waals surface area contributed by atoms with Crippen molar-refractivity contribution >= 4 is 24.7 Å². The number of aliphatic hydroxyl groups is 1. The molecular formula is C37H42O6Si. The largest absolute Gasteiger partial charge is 0.453 e. The average Bonchev–Trinajstić information content (AvgIpc) is 3.04. The molecule has 0 radical (unpaired) electrons. The lowest BCUT2D eigenvalue weighted by molar-refractivity contribution is -0.238. The second-order valence-corrected chi connectivity index (χ2v) is 16.6. The first kappa shape index (κ1) is 31.8. The molecule has 1 heterocycles. The summed E-state index contributed by atoms with van der Waals surface area (Å²) in [6.07, 6.45) is -4.04.